The van der Waals surface area contributed by atoms with E-state index >= 15 is 0 Å². The van der Waals surface area contributed by atoms with Crippen molar-refractivity contribution < 1.29 is 4.79 Å². The Morgan fingerprint density at radius 1 is 1.04 bits per heavy atom. The molecule has 1 saturated carbocycles. The van der Waals surface area contributed by atoms with Crippen molar-refractivity contribution in [2.75, 3.05) is 26.2 Å². The first-order valence-corrected chi connectivity index (χ1v) is 11.1. The Bertz CT molecular complexity index is 564. The lowest BCUT2D eigenvalue weighted by atomic mass is 9.86. The molecule has 2 fully saturated rings. The van der Waals surface area contributed by atoms with Crippen molar-refractivity contribution >= 4 is 17.2 Å². The predicted octanol–water partition coefficient (Wildman–Crippen LogP) is 3.64. The summed E-state index contributed by atoms with van der Waals surface area (Å²) in [6, 6.07) is 0. The van der Waals surface area contributed by atoms with Gasteiger partial charge in [-0.05, 0) is 31.6 Å². The Kier molecular flexibility index (Phi) is 5.71. The average molecular weight is 362 g/mol. The molecule has 1 aromatic rings. The van der Waals surface area contributed by atoms with Crippen molar-refractivity contribution in [1.82, 2.24) is 14.8 Å². The van der Waals surface area contributed by atoms with Gasteiger partial charge in [0.15, 0.2) is 0 Å². The van der Waals surface area contributed by atoms with E-state index in [-0.39, 0.29) is 0 Å². The molecular weight excluding hydrogens is 330 g/mol. The molecule has 2 aliphatic carbocycles. The highest BCUT2D eigenvalue weighted by molar-refractivity contribution is 7.11. The van der Waals surface area contributed by atoms with Crippen LogP contribution in [-0.2, 0) is 24.2 Å². The number of hydrogen-bond donors (Lipinski definition) is 0. The van der Waals surface area contributed by atoms with Gasteiger partial charge in [-0.15, -0.1) is 11.3 Å². The van der Waals surface area contributed by atoms with Crippen molar-refractivity contribution in [3.63, 3.8) is 0 Å². The quantitative estimate of drug-likeness (QED) is 0.803. The maximum atomic E-state index is 12.5. The zero-order chi connectivity index (χ0) is 17.1. The average Bonchev–Trinajstić information content (AvgIpc) is 3.23. The zero-order valence-corrected chi connectivity index (χ0v) is 16.2. The minimum atomic E-state index is 0.387. The van der Waals surface area contributed by atoms with Crippen LogP contribution in [-0.4, -0.2) is 46.9 Å². The number of carbonyl (C=O) groups is 1. The normalized spacial score (nSPS) is 22.3. The molecule has 1 aliphatic heterocycles. The van der Waals surface area contributed by atoms with E-state index in [1.807, 2.05) is 11.3 Å². The number of aryl methyl sites for hydroxylation is 2. The molecule has 2 heterocycles. The van der Waals surface area contributed by atoms with Crippen molar-refractivity contribution in [2.45, 2.75) is 70.8 Å². The number of piperazine rings is 1. The third kappa shape index (κ3) is 4.43. The van der Waals surface area contributed by atoms with Crippen molar-refractivity contribution in [2.24, 2.45) is 5.92 Å². The van der Waals surface area contributed by atoms with Gasteiger partial charge in [0.2, 0.25) is 5.91 Å². The standard InChI is InChI=1S/C20H31N3OS/c24-20(10-9-16-5-2-1-3-6-16)23-13-11-22(12-14-23)15-19-21-17-7-4-8-18(17)25-19/h16H,1-15H2. The van der Waals surface area contributed by atoms with Crippen LogP contribution >= 0.6 is 11.3 Å². The molecule has 0 atom stereocenters. The van der Waals surface area contributed by atoms with E-state index in [9.17, 15) is 4.79 Å². The Morgan fingerprint density at radius 3 is 2.60 bits per heavy atom. The van der Waals surface area contributed by atoms with Gasteiger partial charge in [-0.3, -0.25) is 9.69 Å². The molecule has 25 heavy (non-hydrogen) atoms. The summed E-state index contributed by atoms with van der Waals surface area (Å²) in [7, 11) is 0. The monoisotopic (exact) mass is 361 g/mol. The summed E-state index contributed by atoms with van der Waals surface area (Å²) < 4.78 is 0. The second kappa shape index (κ2) is 8.17. The molecule has 138 valence electrons. The Balaban J connectivity index is 1.19. The molecule has 5 heteroatoms. The fraction of sp³-hybridized carbons (Fsp3) is 0.800. The smallest absolute Gasteiger partial charge is 0.222 e. The minimum absolute atomic E-state index is 0.387. The second-order valence-corrected chi connectivity index (χ2v) is 9.20. The van der Waals surface area contributed by atoms with Crippen LogP contribution in [0.1, 0.15) is 66.9 Å². The van der Waals surface area contributed by atoms with Gasteiger partial charge in [0.1, 0.15) is 5.01 Å². The van der Waals surface area contributed by atoms with E-state index in [1.165, 1.54) is 66.9 Å². The molecule has 4 rings (SSSR count). The van der Waals surface area contributed by atoms with Gasteiger partial charge in [0, 0.05) is 37.5 Å². The largest absolute Gasteiger partial charge is 0.340 e. The Hall–Kier alpha value is -0.940. The van der Waals surface area contributed by atoms with E-state index in [0.29, 0.717) is 5.91 Å². The predicted molar refractivity (Wildman–Crippen MR) is 102 cm³/mol. The van der Waals surface area contributed by atoms with E-state index in [0.717, 1.165) is 51.5 Å². The summed E-state index contributed by atoms with van der Waals surface area (Å²) in [5, 5.41) is 1.28. The van der Waals surface area contributed by atoms with Gasteiger partial charge in [-0.2, -0.15) is 0 Å². The molecule has 1 amide bonds. The molecule has 3 aliphatic rings. The lowest BCUT2D eigenvalue weighted by molar-refractivity contribution is -0.133. The Morgan fingerprint density at radius 2 is 1.84 bits per heavy atom. The molecule has 0 aromatic carbocycles. The summed E-state index contributed by atoms with van der Waals surface area (Å²) in [6.07, 6.45) is 12.4. The number of nitrogens with zero attached hydrogens (tertiary/aromatic N) is 3. The number of amides is 1. The van der Waals surface area contributed by atoms with Crippen LogP contribution in [0.25, 0.3) is 0 Å². The Labute approximate surface area is 155 Å². The van der Waals surface area contributed by atoms with Crippen molar-refractivity contribution in [3.05, 3.63) is 15.6 Å². The highest BCUT2D eigenvalue weighted by Gasteiger charge is 2.24. The highest BCUT2D eigenvalue weighted by Crippen LogP contribution is 2.29. The van der Waals surface area contributed by atoms with Crippen LogP contribution < -0.4 is 0 Å². The summed E-state index contributed by atoms with van der Waals surface area (Å²) >= 11 is 1.91. The molecular formula is C20H31N3OS. The lowest BCUT2D eigenvalue weighted by Crippen LogP contribution is -2.48. The third-order valence-electron chi connectivity index (χ3n) is 6.22. The minimum Gasteiger partial charge on any atom is -0.340 e. The van der Waals surface area contributed by atoms with Gasteiger partial charge in [0.25, 0.3) is 0 Å². The van der Waals surface area contributed by atoms with Crippen LogP contribution in [0, 0.1) is 5.92 Å². The maximum absolute atomic E-state index is 12.5. The first-order chi connectivity index (χ1) is 12.3. The van der Waals surface area contributed by atoms with Gasteiger partial charge in [-0.1, -0.05) is 32.1 Å². The summed E-state index contributed by atoms with van der Waals surface area (Å²) in [5.41, 5.74) is 1.36. The molecule has 0 bridgehead atoms. The number of fused-ring (bicyclic) bond motifs is 1. The number of rotatable bonds is 5. The van der Waals surface area contributed by atoms with Gasteiger partial charge in [-0.25, -0.2) is 4.98 Å². The first-order valence-electron chi connectivity index (χ1n) is 10.3. The number of hydrogen-bond acceptors (Lipinski definition) is 4. The topological polar surface area (TPSA) is 36.4 Å². The second-order valence-electron chi connectivity index (χ2n) is 8.03. The molecule has 1 aromatic heterocycles. The van der Waals surface area contributed by atoms with E-state index < -0.39 is 0 Å². The van der Waals surface area contributed by atoms with Crippen LogP contribution in [0.2, 0.25) is 0 Å². The van der Waals surface area contributed by atoms with Crippen LogP contribution in [0.3, 0.4) is 0 Å². The molecule has 4 nitrogen and oxygen atoms in total. The molecule has 0 N–H and O–H groups in total. The lowest BCUT2D eigenvalue weighted by Gasteiger charge is -2.34. The van der Waals surface area contributed by atoms with E-state index in [2.05, 4.69) is 9.80 Å². The van der Waals surface area contributed by atoms with Crippen molar-refractivity contribution in [3.8, 4) is 0 Å². The van der Waals surface area contributed by atoms with E-state index in [4.69, 9.17) is 4.98 Å². The molecule has 0 spiro atoms. The summed E-state index contributed by atoms with van der Waals surface area (Å²) in [4.78, 5) is 23.4. The summed E-state index contributed by atoms with van der Waals surface area (Å²) in [5.74, 6) is 1.20. The van der Waals surface area contributed by atoms with E-state index in [1.54, 1.807) is 0 Å². The number of thiazole rings is 1. The summed E-state index contributed by atoms with van der Waals surface area (Å²) in [6.45, 7) is 4.77. The fourth-order valence-electron chi connectivity index (χ4n) is 4.62. The highest BCUT2D eigenvalue weighted by atomic mass is 32.1. The molecule has 0 unspecified atom stereocenters. The SMILES string of the molecule is O=C(CCC1CCCCC1)N1CCN(Cc2nc3c(s2)CCC3)CC1. The zero-order valence-electron chi connectivity index (χ0n) is 15.3. The van der Waals surface area contributed by atoms with Gasteiger partial charge in [0.05, 0.1) is 12.2 Å². The third-order valence-corrected chi connectivity index (χ3v) is 7.36. The number of carbonyl (C=O) groups excluding carboxylic acids is 1. The fourth-order valence-corrected chi connectivity index (χ4v) is 5.82. The van der Waals surface area contributed by atoms with Crippen LogP contribution in [0.4, 0.5) is 0 Å². The first kappa shape index (κ1) is 17.5. The number of aromatic nitrogens is 1. The molecule has 0 radical (unpaired) electrons. The maximum Gasteiger partial charge on any atom is 0.222 e. The van der Waals surface area contributed by atoms with Crippen LogP contribution in [0.5, 0.6) is 0 Å². The van der Waals surface area contributed by atoms with Crippen LogP contribution in [0.15, 0.2) is 0 Å². The van der Waals surface area contributed by atoms with Crippen molar-refractivity contribution in [1.29, 1.82) is 0 Å². The van der Waals surface area contributed by atoms with Gasteiger partial charge >= 0.3 is 0 Å². The van der Waals surface area contributed by atoms with Gasteiger partial charge < -0.3 is 4.90 Å². The molecule has 1 saturated heterocycles.